The second-order valence-electron chi connectivity index (χ2n) is 6.37. The molecular formula is C20H21F3O3. The SMILES string of the molecule is CCCc1cc(F)c(OCC2COC(c3cccc(F)c3)OC2)c(F)c1. The van der Waals surface area contributed by atoms with Crippen molar-refractivity contribution in [1.29, 1.82) is 0 Å². The summed E-state index contributed by atoms with van der Waals surface area (Å²) in [6.07, 6.45) is 0.770. The van der Waals surface area contributed by atoms with Gasteiger partial charge in [0, 0.05) is 11.5 Å². The summed E-state index contributed by atoms with van der Waals surface area (Å²) in [5, 5.41) is 0. The molecule has 1 saturated heterocycles. The Balaban J connectivity index is 1.54. The lowest BCUT2D eigenvalue weighted by Crippen LogP contribution is -2.31. The summed E-state index contributed by atoms with van der Waals surface area (Å²) >= 11 is 0. The molecule has 2 aromatic carbocycles. The van der Waals surface area contributed by atoms with Crippen LogP contribution in [0.5, 0.6) is 5.75 Å². The van der Waals surface area contributed by atoms with E-state index in [0.29, 0.717) is 30.8 Å². The number of benzene rings is 2. The standard InChI is InChI=1S/C20H21F3O3/c1-2-4-13-7-17(22)19(18(23)8-13)24-10-14-11-25-20(26-12-14)15-5-3-6-16(21)9-15/h3,5-9,14,20H,2,4,10-12H2,1H3. The van der Waals surface area contributed by atoms with Gasteiger partial charge in [-0.25, -0.2) is 13.2 Å². The number of hydrogen-bond acceptors (Lipinski definition) is 3. The van der Waals surface area contributed by atoms with Gasteiger partial charge in [0.05, 0.1) is 19.8 Å². The van der Waals surface area contributed by atoms with Gasteiger partial charge in [-0.05, 0) is 36.2 Å². The summed E-state index contributed by atoms with van der Waals surface area (Å²) in [4.78, 5) is 0. The molecule has 140 valence electrons. The fourth-order valence-corrected chi connectivity index (χ4v) is 2.87. The van der Waals surface area contributed by atoms with Gasteiger partial charge < -0.3 is 14.2 Å². The van der Waals surface area contributed by atoms with Crippen LogP contribution >= 0.6 is 0 Å². The zero-order chi connectivity index (χ0) is 18.5. The first-order valence-electron chi connectivity index (χ1n) is 8.66. The van der Waals surface area contributed by atoms with E-state index in [4.69, 9.17) is 14.2 Å². The molecule has 0 bridgehead atoms. The fraction of sp³-hybridized carbons (Fsp3) is 0.400. The van der Waals surface area contributed by atoms with Gasteiger partial charge in [-0.3, -0.25) is 0 Å². The van der Waals surface area contributed by atoms with Gasteiger partial charge >= 0.3 is 0 Å². The Morgan fingerprint density at radius 3 is 2.35 bits per heavy atom. The summed E-state index contributed by atoms with van der Waals surface area (Å²) in [5.74, 6) is -2.32. The maximum Gasteiger partial charge on any atom is 0.190 e. The Morgan fingerprint density at radius 1 is 1.04 bits per heavy atom. The fourth-order valence-electron chi connectivity index (χ4n) is 2.87. The molecule has 0 aliphatic carbocycles. The molecule has 6 heteroatoms. The minimum Gasteiger partial charge on any atom is -0.487 e. The Hall–Kier alpha value is -2.05. The largest absolute Gasteiger partial charge is 0.487 e. The average molecular weight is 366 g/mol. The molecule has 0 saturated carbocycles. The second kappa shape index (κ2) is 8.56. The molecule has 0 N–H and O–H groups in total. The monoisotopic (exact) mass is 366 g/mol. The van der Waals surface area contributed by atoms with Gasteiger partial charge in [0.15, 0.2) is 23.7 Å². The molecule has 26 heavy (non-hydrogen) atoms. The van der Waals surface area contributed by atoms with Crippen molar-refractivity contribution in [2.24, 2.45) is 5.92 Å². The smallest absolute Gasteiger partial charge is 0.190 e. The highest BCUT2D eigenvalue weighted by molar-refractivity contribution is 5.31. The maximum atomic E-state index is 14.0. The molecule has 1 heterocycles. The number of hydrogen-bond donors (Lipinski definition) is 0. The maximum absolute atomic E-state index is 14.0. The highest BCUT2D eigenvalue weighted by atomic mass is 19.1. The van der Waals surface area contributed by atoms with E-state index in [0.717, 1.165) is 6.42 Å². The van der Waals surface area contributed by atoms with Crippen molar-refractivity contribution in [2.75, 3.05) is 19.8 Å². The summed E-state index contributed by atoms with van der Waals surface area (Å²) < 4.78 is 57.8. The van der Waals surface area contributed by atoms with E-state index in [2.05, 4.69) is 0 Å². The highest BCUT2D eigenvalue weighted by Gasteiger charge is 2.25. The Morgan fingerprint density at radius 2 is 1.73 bits per heavy atom. The quantitative estimate of drug-likeness (QED) is 0.735. The van der Waals surface area contributed by atoms with Gasteiger partial charge in [0.2, 0.25) is 0 Å². The van der Waals surface area contributed by atoms with Crippen LogP contribution < -0.4 is 4.74 Å². The Kier molecular flexibility index (Phi) is 6.16. The zero-order valence-electron chi connectivity index (χ0n) is 14.5. The molecule has 0 spiro atoms. The van der Waals surface area contributed by atoms with Crippen LogP contribution in [-0.4, -0.2) is 19.8 Å². The van der Waals surface area contributed by atoms with Crippen LogP contribution in [0.25, 0.3) is 0 Å². The highest BCUT2D eigenvalue weighted by Crippen LogP contribution is 2.28. The topological polar surface area (TPSA) is 27.7 Å². The molecule has 1 fully saturated rings. The third kappa shape index (κ3) is 4.56. The minimum atomic E-state index is -0.705. The second-order valence-corrected chi connectivity index (χ2v) is 6.37. The van der Waals surface area contributed by atoms with Crippen LogP contribution in [0.15, 0.2) is 36.4 Å². The van der Waals surface area contributed by atoms with E-state index < -0.39 is 17.9 Å². The van der Waals surface area contributed by atoms with Crippen molar-refractivity contribution in [3.8, 4) is 5.75 Å². The predicted octanol–water partition coefficient (Wildman–Crippen LogP) is 4.80. The average Bonchev–Trinajstić information content (AvgIpc) is 2.62. The van der Waals surface area contributed by atoms with Crippen LogP contribution in [0, 0.1) is 23.4 Å². The van der Waals surface area contributed by atoms with E-state index in [1.54, 1.807) is 12.1 Å². The molecule has 0 radical (unpaired) electrons. The van der Waals surface area contributed by atoms with Gasteiger partial charge in [0.1, 0.15) is 5.82 Å². The van der Waals surface area contributed by atoms with Crippen molar-refractivity contribution < 1.29 is 27.4 Å². The number of aryl methyl sites for hydroxylation is 1. The summed E-state index contributed by atoms with van der Waals surface area (Å²) in [5.41, 5.74) is 1.20. The molecule has 0 amide bonds. The van der Waals surface area contributed by atoms with Crippen molar-refractivity contribution >= 4 is 0 Å². The van der Waals surface area contributed by atoms with E-state index in [1.807, 2.05) is 6.92 Å². The molecule has 3 nitrogen and oxygen atoms in total. The van der Waals surface area contributed by atoms with E-state index in [1.165, 1.54) is 24.3 Å². The Bertz CT molecular complexity index is 720. The number of ether oxygens (including phenoxy) is 3. The van der Waals surface area contributed by atoms with E-state index in [9.17, 15) is 13.2 Å². The zero-order valence-corrected chi connectivity index (χ0v) is 14.5. The lowest BCUT2D eigenvalue weighted by molar-refractivity contribution is -0.208. The molecular weight excluding hydrogens is 345 g/mol. The van der Waals surface area contributed by atoms with E-state index >= 15 is 0 Å². The molecule has 0 aromatic heterocycles. The summed E-state index contributed by atoms with van der Waals surface area (Å²) in [6.45, 7) is 2.59. The lowest BCUT2D eigenvalue weighted by Gasteiger charge is -2.29. The van der Waals surface area contributed by atoms with Gasteiger partial charge in [-0.2, -0.15) is 0 Å². The van der Waals surface area contributed by atoms with Crippen molar-refractivity contribution in [3.63, 3.8) is 0 Å². The lowest BCUT2D eigenvalue weighted by atomic mass is 10.1. The number of rotatable bonds is 6. The van der Waals surface area contributed by atoms with Gasteiger partial charge in [-0.15, -0.1) is 0 Å². The van der Waals surface area contributed by atoms with Crippen LogP contribution in [0.2, 0.25) is 0 Å². The van der Waals surface area contributed by atoms with Crippen molar-refractivity contribution in [2.45, 2.75) is 26.1 Å². The molecule has 0 atom stereocenters. The van der Waals surface area contributed by atoms with Gasteiger partial charge in [0.25, 0.3) is 0 Å². The first-order valence-corrected chi connectivity index (χ1v) is 8.66. The molecule has 2 aromatic rings. The van der Waals surface area contributed by atoms with Gasteiger partial charge in [-0.1, -0.05) is 25.5 Å². The predicted molar refractivity (Wildman–Crippen MR) is 90.4 cm³/mol. The molecule has 1 aliphatic rings. The normalized spacial score (nSPS) is 20.2. The first kappa shape index (κ1) is 18.7. The minimum absolute atomic E-state index is 0.0663. The van der Waals surface area contributed by atoms with Crippen LogP contribution in [0.1, 0.15) is 30.8 Å². The van der Waals surface area contributed by atoms with Crippen molar-refractivity contribution in [1.82, 2.24) is 0 Å². The number of halogens is 3. The summed E-state index contributed by atoms with van der Waals surface area (Å²) in [6, 6.07) is 8.60. The first-order chi connectivity index (χ1) is 12.6. The molecule has 0 unspecified atom stereocenters. The van der Waals surface area contributed by atoms with Crippen LogP contribution in [0.3, 0.4) is 0 Å². The summed E-state index contributed by atoms with van der Waals surface area (Å²) in [7, 11) is 0. The Labute approximate surface area is 150 Å². The third-order valence-corrected chi connectivity index (χ3v) is 4.15. The van der Waals surface area contributed by atoms with Crippen LogP contribution in [0.4, 0.5) is 13.2 Å². The van der Waals surface area contributed by atoms with Crippen molar-refractivity contribution in [3.05, 3.63) is 65.0 Å². The third-order valence-electron chi connectivity index (χ3n) is 4.15. The van der Waals surface area contributed by atoms with Crippen LogP contribution in [-0.2, 0) is 15.9 Å². The molecule has 1 aliphatic heterocycles. The van der Waals surface area contributed by atoms with E-state index in [-0.39, 0.29) is 24.1 Å². The molecule has 3 rings (SSSR count).